The van der Waals surface area contributed by atoms with Gasteiger partial charge in [-0.1, -0.05) is 5.16 Å². The zero-order valence-corrected chi connectivity index (χ0v) is 13.1. The third-order valence-corrected chi connectivity index (χ3v) is 3.60. The summed E-state index contributed by atoms with van der Waals surface area (Å²) in [5, 5.41) is 15.3. The fraction of sp³-hybridized carbons (Fsp3) is 0.667. The highest BCUT2D eigenvalue weighted by Gasteiger charge is 2.28. The van der Waals surface area contributed by atoms with Crippen molar-refractivity contribution in [2.45, 2.75) is 64.0 Å². The first kappa shape index (κ1) is 16.3. The summed E-state index contributed by atoms with van der Waals surface area (Å²) < 4.78 is 10.3. The lowest BCUT2D eigenvalue weighted by atomic mass is 9.84. The summed E-state index contributed by atoms with van der Waals surface area (Å²) in [5.41, 5.74) is -0.571. The first-order valence-electron chi connectivity index (χ1n) is 7.44. The molecule has 0 aliphatic heterocycles. The molecule has 0 radical (unpaired) electrons. The normalized spacial score (nSPS) is 22.1. The molecule has 0 unspecified atom stereocenters. The number of alkyl carbamates (subject to hydrolysis) is 1. The summed E-state index contributed by atoms with van der Waals surface area (Å²) in [6, 6.07) is 1.56. The van der Waals surface area contributed by atoms with Crippen LogP contribution in [-0.2, 0) is 4.74 Å². The van der Waals surface area contributed by atoms with Crippen LogP contribution < -0.4 is 5.32 Å². The molecule has 1 fully saturated rings. The van der Waals surface area contributed by atoms with Gasteiger partial charge in [0.05, 0.1) is 0 Å². The summed E-state index contributed by atoms with van der Waals surface area (Å²) in [5.74, 6) is -0.333. The predicted octanol–water partition coefficient (Wildman–Crippen LogP) is 2.92. The number of hydrogen-bond donors (Lipinski definition) is 2. The lowest BCUT2D eigenvalue weighted by Crippen LogP contribution is -2.40. The molecule has 7 heteroatoms. The lowest BCUT2D eigenvalue weighted by molar-refractivity contribution is 0.0490. The second-order valence-electron chi connectivity index (χ2n) is 6.61. The van der Waals surface area contributed by atoms with Crippen LogP contribution in [0.15, 0.2) is 10.6 Å². The fourth-order valence-corrected chi connectivity index (χ4v) is 2.58. The van der Waals surface area contributed by atoms with E-state index < -0.39 is 17.7 Å². The number of carbonyl (C=O) groups is 2. The number of carboxylic acid groups (broad SMARTS) is 1. The van der Waals surface area contributed by atoms with Gasteiger partial charge in [0, 0.05) is 18.0 Å². The standard InChI is InChI=1S/C15H22N2O5/c1-15(2,3)21-14(20)16-10-6-4-9(5-7-10)12-8-11(13(18)19)17-22-12/h8-10H,4-7H2,1-3H3,(H,16,20)(H,18,19). The molecule has 1 aromatic rings. The molecule has 22 heavy (non-hydrogen) atoms. The average molecular weight is 310 g/mol. The highest BCUT2D eigenvalue weighted by atomic mass is 16.6. The van der Waals surface area contributed by atoms with Gasteiger partial charge >= 0.3 is 12.1 Å². The van der Waals surface area contributed by atoms with Crippen LogP contribution in [0.2, 0.25) is 0 Å². The molecule has 1 saturated carbocycles. The Bertz CT molecular complexity index is 538. The topological polar surface area (TPSA) is 102 Å². The van der Waals surface area contributed by atoms with E-state index in [1.165, 1.54) is 6.07 Å². The second kappa shape index (κ2) is 6.37. The fourth-order valence-electron chi connectivity index (χ4n) is 2.58. The second-order valence-corrected chi connectivity index (χ2v) is 6.61. The first-order chi connectivity index (χ1) is 10.2. The van der Waals surface area contributed by atoms with E-state index in [1.54, 1.807) is 0 Å². The molecule has 0 atom stereocenters. The van der Waals surface area contributed by atoms with Crippen molar-refractivity contribution in [2.24, 2.45) is 0 Å². The molecule has 1 aliphatic carbocycles. The smallest absolute Gasteiger partial charge is 0.407 e. The van der Waals surface area contributed by atoms with Gasteiger partial charge < -0.3 is 19.7 Å². The van der Waals surface area contributed by atoms with Crippen LogP contribution >= 0.6 is 0 Å². The molecule has 0 aromatic carbocycles. The third kappa shape index (κ3) is 4.47. The molecule has 1 amide bonds. The van der Waals surface area contributed by atoms with Gasteiger partial charge in [-0.05, 0) is 46.5 Å². The maximum absolute atomic E-state index is 11.7. The Morgan fingerprint density at radius 1 is 1.32 bits per heavy atom. The molecule has 0 bridgehead atoms. The van der Waals surface area contributed by atoms with Crippen LogP contribution in [0.3, 0.4) is 0 Å². The molecule has 2 rings (SSSR count). The van der Waals surface area contributed by atoms with E-state index in [1.807, 2.05) is 20.8 Å². The number of nitrogens with one attached hydrogen (secondary N) is 1. The van der Waals surface area contributed by atoms with Crippen LogP contribution in [0.25, 0.3) is 0 Å². The van der Waals surface area contributed by atoms with Crippen LogP contribution in [0.5, 0.6) is 0 Å². The molecule has 1 aromatic heterocycles. The summed E-state index contributed by atoms with van der Waals surface area (Å²) in [4.78, 5) is 22.5. The predicted molar refractivity (Wildman–Crippen MR) is 77.8 cm³/mol. The van der Waals surface area contributed by atoms with Gasteiger partial charge in [-0.25, -0.2) is 9.59 Å². The van der Waals surface area contributed by atoms with Crippen LogP contribution in [0.1, 0.15) is 68.6 Å². The van der Waals surface area contributed by atoms with Crippen LogP contribution in [0, 0.1) is 0 Å². The molecule has 2 N–H and O–H groups in total. The number of nitrogens with zero attached hydrogens (tertiary/aromatic N) is 1. The minimum absolute atomic E-state index is 0.0657. The molecule has 0 spiro atoms. The van der Waals surface area contributed by atoms with Crippen molar-refractivity contribution in [2.75, 3.05) is 0 Å². The Hall–Kier alpha value is -2.05. The number of carbonyl (C=O) groups excluding carboxylic acids is 1. The van der Waals surface area contributed by atoms with Crippen molar-refractivity contribution < 1.29 is 24.0 Å². The highest BCUT2D eigenvalue weighted by molar-refractivity contribution is 5.85. The van der Waals surface area contributed by atoms with Gasteiger partial charge in [-0.2, -0.15) is 0 Å². The number of aromatic carboxylic acids is 1. The van der Waals surface area contributed by atoms with E-state index in [4.69, 9.17) is 14.4 Å². The Morgan fingerprint density at radius 2 is 1.95 bits per heavy atom. The van der Waals surface area contributed by atoms with Crippen LogP contribution in [-0.4, -0.2) is 34.0 Å². The Labute approximate surface area is 129 Å². The van der Waals surface area contributed by atoms with Gasteiger partial charge in [-0.3, -0.25) is 0 Å². The number of hydrogen-bond acceptors (Lipinski definition) is 5. The number of ether oxygens (including phenoxy) is 1. The average Bonchev–Trinajstić information content (AvgIpc) is 2.87. The monoisotopic (exact) mass is 310 g/mol. The maximum Gasteiger partial charge on any atom is 0.407 e. The van der Waals surface area contributed by atoms with Crippen molar-refractivity contribution in [3.63, 3.8) is 0 Å². The van der Waals surface area contributed by atoms with Gasteiger partial charge in [0.15, 0.2) is 5.69 Å². The summed E-state index contributed by atoms with van der Waals surface area (Å²) in [7, 11) is 0. The number of rotatable bonds is 3. The van der Waals surface area contributed by atoms with Crippen LogP contribution in [0.4, 0.5) is 4.79 Å². The SMILES string of the molecule is CC(C)(C)OC(=O)NC1CCC(c2cc(C(=O)O)no2)CC1. The molecule has 0 saturated heterocycles. The molecular formula is C15H22N2O5. The van der Waals surface area contributed by atoms with Crippen molar-refractivity contribution in [1.82, 2.24) is 10.5 Å². The summed E-state index contributed by atoms with van der Waals surface area (Å²) in [6.07, 6.45) is 2.83. The summed E-state index contributed by atoms with van der Waals surface area (Å²) in [6.45, 7) is 5.48. The van der Waals surface area contributed by atoms with E-state index in [0.717, 1.165) is 25.7 Å². The molecule has 1 aliphatic rings. The van der Waals surface area contributed by atoms with Gasteiger partial charge in [-0.15, -0.1) is 0 Å². The zero-order valence-electron chi connectivity index (χ0n) is 13.1. The Balaban J connectivity index is 1.82. The molecular weight excluding hydrogens is 288 g/mol. The largest absolute Gasteiger partial charge is 0.476 e. The number of amides is 1. The van der Waals surface area contributed by atoms with Crippen molar-refractivity contribution in [3.8, 4) is 0 Å². The minimum atomic E-state index is -1.09. The van der Waals surface area contributed by atoms with E-state index in [9.17, 15) is 9.59 Å². The Morgan fingerprint density at radius 3 is 2.45 bits per heavy atom. The molecule has 7 nitrogen and oxygen atoms in total. The molecule has 1 heterocycles. The highest BCUT2D eigenvalue weighted by Crippen LogP contribution is 2.33. The van der Waals surface area contributed by atoms with E-state index in [2.05, 4.69) is 10.5 Å². The number of aromatic nitrogens is 1. The van der Waals surface area contributed by atoms with Crippen molar-refractivity contribution in [3.05, 3.63) is 17.5 Å². The molecule has 122 valence electrons. The third-order valence-electron chi connectivity index (χ3n) is 3.60. The van der Waals surface area contributed by atoms with Crippen molar-refractivity contribution in [1.29, 1.82) is 0 Å². The first-order valence-corrected chi connectivity index (χ1v) is 7.44. The maximum atomic E-state index is 11.7. The van der Waals surface area contributed by atoms with Gasteiger partial charge in [0.2, 0.25) is 0 Å². The van der Waals surface area contributed by atoms with Gasteiger partial charge in [0.1, 0.15) is 11.4 Å². The Kier molecular flexibility index (Phi) is 4.73. The number of carboxylic acids is 1. The van der Waals surface area contributed by atoms with E-state index in [-0.39, 0.29) is 17.7 Å². The quantitative estimate of drug-likeness (QED) is 0.890. The van der Waals surface area contributed by atoms with E-state index in [0.29, 0.717) is 5.76 Å². The zero-order chi connectivity index (χ0) is 16.3. The lowest BCUT2D eigenvalue weighted by Gasteiger charge is -2.28. The minimum Gasteiger partial charge on any atom is -0.476 e. The summed E-state index contributed by atoms with van der Waals surface area (Å²) >= 11 is 0. The van der Waals surface area contributed by atoms with Gasteiger partial charge in [0.25, 0.3) is 0 Å². The van der Waals surface area contributed by atoms with Crippen molar-refractivity contribution >= 4 is 12.1 Å². The van der Waals surface area contributed by atoms with E-state index >= 15 is 0 Å².